The van der Waals surface area contributed by atoms with Gasteiger partial charge in [-0.2, -0.15) is 10.2 Å². The van der Waals surface area contributed by atoms with E-state index in [0.717, 1.165) is 44.7 Å². The van der Waals surface area contributed by atoms with Gasteiger partial charge < -0.3 is 9.47 Å². The summed E-state index contributed by atoms with van der Waals surface area (Å²) in [4.78, 5) is 0. The maximum atomic E-state index is 5.37. The Morgan fingerprint density at radius 3 is 1.50 bits per heavy atom. The molecule has 0 fully saturated rings. The number of fused-ring (bicyclic) bond motifs is 2. The summed E-state index contributed by atoms with van der Waals surface area (Å²) in [6, 6.07) is 11.9. The number of rotatable bonds is 3. The monoisotopic (exact) mass is 322 g/mol. The molecule has 0 saturated carbocycles. The lowest BCUT2D eigenvalue weighted by atomic mass is 10.1. The van der Waals surface area contributed by atoms with E-state index in [2.05, 4.69) is 0 Å². The van der Waals surface area contributed by atoms with Crippen LogP contribution in [-0.4, -0.2) is 33.8 Å². The van der Waals surface area contributed by atoms with E-state index in [1.807, 2.05) is 59.9 Å². The zero-order chi connectivity index (χ0) is 16.8. The molecule has 2 heterocycles. The van der Waals surface area contributed by atoms with Gasteiger partial charge in [0.05, 0.1) is 25.3 Å². The fraction of sp³-hybridized carbons (Fsp3) is 0.222. The third-order valence-electron chi connectivity index (χ3n) is 4.34. The summed E-state index contributed by atoms with van der Waals surface area (Å²) in [5.74, 6) is 1.60. The minimum Gasteiger partial charge on any atom is -0.497 e. The van der Waals surface area contributed by atoms with Crippen LogP contribution in [0.25, 0.3) is 33.2 Å². The molecule has 0 aliphatic heterocycles. The molecule has 0 aliphatic carbocycles. The van der Waals surface area contributed by atoms with Crippen molar-refractivity contribution >= 4 is 21.8 Å². The molecule has 2 aromatic heterocycles. The van der Waals surface area contributed by atoms with Crippen LogP contribution in [0.3, 0.4) is 0 Å². The molecular weight excluding hydrogens is 304 g/mol. The maximum absolute atomic E-state index is 5.37. The number of aryl methyl sites for hydroxylation is 2. The van der Waals surface area contributed by atoms with E-state index in [9.17, 15) is 0 Å². The van der Waals surface area contributed by atoms with Gasteiger partial charge >= 0.3 is 0 Å². The molecule has 4 rings (SSSR count). The van der Waals surface area contributed by atoms with Crippen LogP contribution in [0.1, 0.15) is 0 Å². The normalized spacial score (nSPS) is 11.3. The average molecular weight is 322 g/mol. The van der Waals surface area contributed by atoms with Crippen LogP contribution in [0.15, 0.2) is 36.4 Å². The summed E-state index contributed by atoms with van der Waals surface area (Å²) in [6.45, 7) is 0. The number of hydrogen-bond donors (Lipinski definition) is 0. The molecule has 2 aromatic carbocycles. The molecule has 0 amide bonds. The first-order chi connectivity index (χ1) is 11.6. The van der Waals surface area contributed by atoms with Crippen molar-refractivity contribution in [1.82, 2.24) is 19.6 Å². The molecule has 24 heavy (non-hydrogen) atoms. The van der Waals surface area contributed by atoms with Gasteiger partial charge in [0, 0.05) is 24.9 Å². The molecule has 122 valence electrons. The molecule has 6 nitrogen and oxygen atoms in total. The Morgan fingerprint density at radius 2 is 1.12 bits per heavy atom. The summed E-state index contributed by atoms with van der Waals surface area (Å²) < 4.78 is 14.5. The van der Waals surface area contributed by atoms with E-state index in [0.29, 0.717) is 0 Å². The van der Waals surface area contributed by atoms with Crippen LogP contribution >= 0.6 is 0 Å². The smallest absolute Gasteiger partial charge is 0.121 e. The third kappa shape index (κ3) is 2.03. The molecule has 0 atom stereocenters. The van der Waals surface area contributed by atoms with E-state index in [1.54, 1.807) is 14.2 Å². The Bertz CT molecular complexity index is 976. The highest BCUT2D eigenvalue weighted by Gasteiger charge is 2.18. The zero-order valence-electron chi connectivity index (χ0n) is 14.1. The first-order valence-corrected chi connectivity index (χ1v) is 7.64. The van der Waals surface area contributed by atoms with Crippen molar-refractivity contribution in [2.24, 2.45) is 14.1 Å². The molecule has 4 aromatic rings. The number of methoxy groups -OCH3 is 2. The topological polar surface area (TPSA) is 54.1 Å². The number of hydrogen-bond acceptors (Lipinski definition) is 4. The highest BCUT2D eigenvalue weighted by Crippen LogP contribution is 2.35. The van der Waals surface area contributed by atoms with Gasteiger partial charge in [-0.1, -0.05) is 0 Å². The number of benzene rings is 2. The van der Waals surface area contributed by atoms with Crippen LogP contribution in [0.2, 0.25) is 0 Å². The lowest BCUT2D eigenvalue weighted by Crippen LogP contribution is -1.91. The molecule has 0 unspecified atom stereocenters. The second kappa shape index (κ2) is 5.26. The van der Waals surface area contributed by atoms with Gasteiger partial charge in [-0.25, -0.2) is 0 Å². The number of nitrogens with zero attached hydrogens (tertiary/aromatic N) is 4. The van der Waals surface area contributed by atoms with E-state index >= 15 is 0 Å². The van der Waals surface area contributed by atoms with Gasteiger partial charge in [-0.15, -0.1) is 0 Å². The van der Waals surface area contributed by atoms with Gasteiger partial charge in [0.2, 0.25) is 0 Å². The predicted octanol–water partition coefficient (Wildman–Crippen LogP) is 3.14. The lowest BCUT2D eigenvalue weighted by Gasteiger charge is -2.01. The van der Waals surface area contributed by atoms with Crippen molar-refractivity contribution in [3.8, 4) is 22.9 Å². The van der Waals surface area contributed by atoms with Gasteiger partial charge in [0.15, 0.2) is 0 Å². The van der Waals surface area contributed by atoms with Crippen LogP contribution < -0.4 is 9.47 Å². The van der Waals surface area contributed by atoms with E-state index in [1.165, 1.54) is 0 Å². The van der Waals surface area contributed by atoms with Crippen LogP contribution in [0.5, 0.6) is 11.5 Å². The largest absolute Gasteiger partial charge is 0.497 e. The molecule has 0 bridgehead atoms. The summed E-state index contributed by atoms with van der Waals surface area (Å²) >= 11 is 0. The summed E-state index contributed by atoms with van der Waals surface area (Å²) in [7, 11) is 7.20. The van der Waals surface area contributed by atoms with E-state index in [4.69, 9.17) is 19.7 Å². The van der Waals surface area contributed by atoms with Crippen molar-refractivity contribution in [3.63, 3.8) is 0 Å². The highest BCUT2D eigenvalue weighted by atomic mass is 16.5. The van der Waals surface area contributed by atoms with Gasteiger partial charge in [-0.3, -0.25) is 9.36 Å². The number of ether oxygens (including phenoxy) is 2. The Hall–Kier alpha value is -3.02. The molecule has 6 heteroatoms. The van der Waals surface area contributed by atoms with Crippen molar-refractivity contribution in [2.45, 2.75) is 0 Å². The summed E-state index contributed by atoms with van der Waals surface area (Å²) in [6.07, 6.45) is 0. The first-order valence-electron chi connectivity index (χ1n) is 7.64. The second-order valence-electron chi connectivity index (χ2n) is 5.71. The Kier molecular flexibility index (Phi) is 3.19. The summed E-state index contributed by atoms with van der Waals surface area (Å²) in [5.41, 5.74) is 3.75. The fourth-order valence-corrected chi connectivity index (χ4v) is 3.09. The zero-order valence-corrected chi connectivity index (χ0v) is 14.1. The Balaban J connectivity index is 2.05. The Labute approximate surface area is 139 Å². The molecule has 0 radical (unpaired) electrons. The standard InChI is InChI=1S/C18H18N4O2/c1-21-15-7-5-11(23-3)9-13(15)17(19-21)18-14-10-12(24-4)6-8-16(14)22(2)20-18/h5-10H,1-4H3. The van der Waals surface area contributed by atoms with Crippen molar-refractivity contribution in [2.75, 3.05) is 14.2 Å². The second-order valence-corrected chi connectivity index (χ2v) is 5.71. The van der Waals surface area contributed by atoms with Gasteiger partial charge in [-0.05, 0) is 36.4 Å². The minimum atomic E-state index is 0.801. The molecular formula is C18H18N4O2. The predicted molar refractivity (Wildman–Crippen MR) is 93.5 cm³/mol. The lowest BCUT2D eigenvalue weighted by molar-refractivity contribution is 0.415. The molecule has 0 N–H and O–H groups in total. The highest BCUT2D eigenvalue weighted by molar-refractivity contribution is 6.02. The maximum Gasteiger partial charge on any atom is 0.121 e. The Morgan fingerprint density at radius 1 is 0.708 bits per heavy atom. The SMILES string of the molecule is COc1ccc2c(c1)c(-c1nn(C)c3ccc(OC)cc13)nn2C. The minimum absolute atomic E-state index is 0.801. The van der Waals surface area contributed by atoms with Gasteiger partial charge in [0.1, 0.15) is 22.9 Å². The first kappa shape index (κ1) is 14.6. The van der Waals surface area contributed by atoms with Crippen molar-refractivity contribution in [3.05, 3.63) is 36.4 Å². The van der Waals surface area contributed by atoms with Crippen molar-refractivity contribution < 1.29 is 9.47 Å². The molecule has 0 saturated heterocycles. The van der Waals surface area contributed by atoms with Crippen LogP contribution in [-0.2, 0) is 14.1 Å². The van der Waals surface area contributed by atoms with E-state index < -0.39 is 0 Å². The fourth-order valence-electron chi connectivity index (χ4n) is 3.09. The quantitative estimate of drug-likeness (QED) is 0.581. The average Bonchev–Trinajstić information content (AvgIpc) is 3.11. The van der Waals surface area contributed by atoms with Gasteiger partial charge in [0.25, 0.3) is 0 Å². The molecule has 0 aliphatic rings. The van der Waals surface area contributed by atoms with Crippen LogP contribution in [0.4, 0.5) is 0 Å². The van der Waals surface area contributed by atoms with Crippen LogP contribution in [0, 0.1) is 0 Å². The number of aromatic nitrogens is 4. The summed E-state index contributed by atoms with van der Waals surface area (Å²) in [5, 5.41) is 11.4. The van der Waals surface area contributed by atoms with E-state index in [-0.39, 0.29) is 0 Å². The van der Waals surface area contributed by atoms with Crippen molar-refractivity contribution in [1.29, 1.82) is 0 Å². The third-order valence-corrected chi connectivity index (χ3v) is 4.34. The molecule has 0 spiro atoms.